The maximum atomic E-state index is 10.9. The Hall–Kier alpha value is -2.02. The van der Waals surface area contributed by atoms with Crippen LogP contribution in [0.4, 0.5) is 0 Å². The first-order chi connectivity index (χ1) is 8.56. The lowest BCUT2D eigenvalue weighted by Gasteiger charge is -2.05. The van der Waals surface area contributed by atoms with E-state index in [1.165, 1.54) is 0 Å². The number of nitrogens with zero attached hydrogens (tertiary/aromatic N) is 1. The fraction of sp³-hybridized carbons (Fsp3) is 0.182. The zero-order chi connectivity index (χ0) is 13.1. The highest BCUT2D eigenvalue weighted by Crippen LogP contribution is 2.28. The van der Waals surface area contributed by atoms with E-state index in [1.807, 2.05) is 0 Å². The number of fused-ring (bicyclic) bond motifs is 1. The maximum Gasteiger partial charge on any atom is 0.317 e. The first-order valence-electron chi connectivity index (χ1n) is 5.03. The van der Waals surface area contributed by atoms with Crippen molar-refractivity contribution in [2.75, 3.05) is 0 Å². The van der Waals surface area contributed by atoms with Crippen LogP contribution in [0.5, 0.6) is 0 Å². The van der Waals surface area contributed by atoms with Crippen molar-refractivity contribution in [1.29, 1.82) is 0 Å². The average molecular weight is 267 g/mol. The highest BCUT2D eigenvalue weighted by molar-refractivity contribution is 8.00. The summed E-state index contributed by atoms with van der Waals surface area (Å²) in [6, 6.07) is 6.99. The number of rotatable bonds is 5. The van der Waals surface area contributed by atoms with E-state index in [0.29, 0.717) is 11.1 Å². The molecule has 0 radical (unpaired) electrons. The third-order valence-corrected chi connectivity index (χ3v) is 3.18. The van der Waals surface area contributed by atoms with Gasteiger partial charge in [0.05, 0.1) is 6.42 Å². The van der Waals surface area contributed by atoms with Crippen LogP contribution in [0, 0.1) is 0 Å². The summed E-state index contributed by atoms with van der Waals surface area (Å²) >= 11 is 0.793. The molecule has 0 fully saturated rings. The highest BCUT2D eigenvalue weighted by atomic mass is 32.2. The van der Waals surface area contributed by atoms with Crippen molar-refractivity contribution < 1.29 is 24.2 Å². The topological polar surface area (TPSA) is 101 Å². The molecule has 2 N–H and O–H groups in total. The van der Waals surface area contributed by atoms with Gasteiger partial charge in [-0.2, -0.15) is 0 Å². The van der Waals surface area contributed by atoms with Crippen LogP contribution in [-0.4, -0.2) is 32.4 Å². The molecular formula is C11H9NO5S. The minimum absolute atomic E-state index is 0.157. The average Bonchev–Trinajstić information content (AvgIpc) is 2.69. The molecule has 6 nitrogen and oxygen atoms in total. The number of aliphatic carboxylic acids is 2. The molecule has 0 spiro atoms. The lowest BCUT2D eigenvalue weighted by molar-refractivity contribution is -0.142. The number of carboxylic acids is 2. The summed E-state index contributed by atoms with van der Waals surface area (Å²) in [6.45, 7) is 0. The van der Waals surface area contributed by atoms with Gasteiger partial charge in [-0.15, -0.1) is 0 Å². The monoisotopic (exact) mass is 267 g/mol. The second kappa shape index (κ2) is 5.09. The molecule has 18 heavy (non-hydrogen) atoms. The van der Waals surface area contributed by atoms with Crippen LogP contribution in [-0.2, 0) is 9.59 Å². The van der Waals surface area contributed by atoms with Crippen molar-refractivity contribution in [3.8, 4) is 0 Å². The smallest absolute Gasteiger partial charge is 0.317 e. The number of carbonyl (C=O) groups is 2. The number of carboxylic acid groups (broad SMARTS) is 2. The van der Waals surface area contributed by atoms with E-state index in [-0.39, 0.29) is 5.22 Å². The Morgan fingerprint density at radius 2 is 2.06 bits per heavy atom. The number of benzene rings is 1. The molecule has 1 heterocycles. The lowest BCUT2D eigenvalue weighted by atomic mass is 10.3. The predicted octanol–water partition coefficient (Wildman–Crippen LogP) is 1.85. The van der Waals surface area contributed by atoms with E-state index in [9.17, 15) is 9.59 Å². The van der Waals surface area contributed by atoms with Crippen molar-refractivity contribution in [1.82, 2.24) is 4.98 Å². The number of para-hydroxylation sites is 2. The Labute approximate surface area is 106 Å². The summed E-state index contributed by atoms with van der Waals surface area (Å²) in [5, 5.41) is 16.6. The number of aromatic nitrogens is 1. The first-order valence-corrected chi connectivity index (χ1v) is 5.91. The largest absolute Gasteiger partial charge is 0.481 e. The molecule has 7 heteroatoms. The third kappa shape index (κ3) is 2.80. The highest BCUT2D eigenvalue weighted by Gasteiger charge is 2.24. The second-order valence-electron chi connectivity index (χ2n) is 3.49. The van der Waals surface area contributed by atoms with E-state index in [4.69, 9.17) is 14.6 Å². The second-order valence-corrected chi connectivity index (χ2v) is 4.64. The zero-order valence-electron chi connectivity index (χ0n) is 9.07. The van der Waals surface area contributed by atoms with Gasteiger partial charge in [-0.25, -0.2) is 4.98 Å². The fourth-order valence-electron chi connectivity index (χ4n) is 1.36. The Kier molecular flexibility index (Phi) is 3.52. The first kappa shape index (κ1) is 12.4. The molecule has 0 aliphatic heterocycles. The maximum absolute atomic E-state index is 10.9. The van der Waals surface area contributed by atoms with Crippen molar-refractivity contribution in [3.05, 3.63) is 24.3 Å². The van der Waals surface area contributed by atoms with Crippen LogP contribution < -0.4 is 0 Å². The van der Waals surface area contributed by atoms with Crippen LogP contribution >= 0.6 is 11.8 Å². The molecular weight excluding hydrogens is 258 g/mol. The molecule has 0 aliphatic carbocycles. The van der Waals surface area contributed by atoms with Crippen molar-refractivity contribution in [2.24, 2.45) is 0 Å². The van der Waals surface area contributed by atoms with Crippen LogP contribution in [0.2, 0.25) is 0 Å². The molecule has 1 atom stereocenters. The number of hydrogen-bond acceptors (Lipinski definition) is 5. The standard InChI is InChI=1S/C11H9NO5S/c13-9(14)5-8(10(15)16)18-11-12-6-3-1-2-4-7(6)17-11/h1-4,8H,5H2,(H,13,14)(H,15,16). The summed E-state index contributed by atoms with van der Waals surface area (Å²) in [6.07, 6.45) is -0.487. The Morgan fingerprint density at radius 1 is 1.33 bits per heavy atom. The lowest BCUT2D eigenvalue weighted by Crippen LogP contribution is -2.20. The molecule has 1 unspecified atom stereocenters. The Balaban J connectivity index is 2.20. The van der Waals surface area contributed by atoms with Gasteiger partial charge in [-0.1, -0.05) is 23.9 Å². The summed E-state index contributed by atoms with van der Waals surface area (Å²) in [7, 11) is 0. The number of oxazole rings is 1. The predicted molar refractivity (Wildman–Crippen MR) is 63.5 cm³/mol. The molecule has 0 amide bonds. The van der Waals surface area contributed by atoms with E-state index in [1.54, 1.807) is 24.3 Å². The summed E-state index contributed by atoms with van der Waals surface area (Å²) in [5.74, 6) is -2.38. The molecule has 2 rings (SSSR count). The molecule has 2 aromatic rings. The van der Waals surface area contributed by atoms with Crippen molar-refractivity contribution in [2.45, 2.75) is 16.9 Å². The summed E-state index contributed by atoms with van der Waals surface area (Å²) in [5.41, 5.74) is 1.15. The van der Waals surface area contributed by atoms with Gasteiger partial charge >= 0.3 is 11.9 Å². The van der Waals surface area contributed by atoms with Gasteiger partial charge < -0.3 is 14.6 Å². The quantitative estimate of drug-likeness (QED) is 0.797. The normalized spacial score (nSPS) is 12.4. The van der Waals surface area contributed by atoms with Crippen molar-refractivity contribution in [3.63, 3.8) is 0 Å². The summed E-state index contributed by atoms with van der Waals surface area (Å²) in [4.78, 5) is 25.5. The molecule has 94 valence electrons. The summed E-state index contributed by atoms with van der Waals surface area (Å²) < 4.78 is 5.33. The van der Waals surface area contributed by atoms with E-state index >= 15 is 0 Å². The Morgan fingerprint density at radius 3 is 2.67 bits per heavy atom. The van der Waals surface area contributed by atoms with Gasteiger partial charge in [0, 0.05) is 0 Å². The van der Waals surface area contributed by atoms with Gasteiger partial charge in [-0.05, 0) is 12.1 Å². The fourth-order valence-corrected chi connectivity index (χ4v) is 2.22. The zero-order valence-corrected chi connectivity index (χ0v) is 9.88. The van der Waals surface area contributed by atoms with Crippen molar-refractivity contribution >= 4 is 34.8 Å². The van der Waals surface area contributed by atoms with Crippen LogP contribution in [0.1, 0.15) is 6.42 Å². The van der Waals surface area contributed by atoms with Gasteiger partial charge in [0.2, 0.25) is 0 Å². The molecule has 1 aromatic heterocycles. The van der Waals surface area contributed by atoms with Gasteiger partial charge in [-0.3, -0.25) is 9.59 Å². The molecule has 1 aromatic carbocycles. The molecule has 0 bridgehead atoms. The van der Waals surface area contributed by atoms with Gasteiger partial charge in [0.25, 0.3) is 5.22 Å². The van der Waals surface area contributed by atoms with Crippen LogP contribution in [0.15, 0.2) is 33.9 Å². The number of thioether (sulfide) groups is 1. The molecule has 0 aliphatic rings. The number of hydrogen-bond donors (Lipinski definition) is 2. The minimum Gasteiger partial charge on any atom is -0.481 e. The SMILES string of the molecule is O=C(O)CC(Sc1nc2ccccc2o1)C(=O)O. The molecule has 0 saturated heterocycles. The van der Waals surface area contributed by atoms with E-state index in [0.717, 1.165) is 11.8 Å². The van der Waals surface area contributed by atoms with Crippen LogP contribution in [0.3, 0.4) is 0 Å². The van der Waals surface area contributed by atoms with Gasteiger partial charge in [0.1, 0.15) is 10.8 Å². The van der Waals surface area contributed by atoms with E-state index in [2.05, 4.69) is 4.98 Å². The Bertz CT molecular complexity index is 561. The molecule has 0 saturated carbocycles. The minimum atomic E-state index is -1.20. The van der Waals surface area contributed by atoms with Gasteiger partial charge in [0.15, 0.2) is 5.58 Å². The van der Waals surface area contributed by atoms with Crippen LogP contribution in [0.25, 0.3) is 11.1 Å². The third-order valence-electron chi connectivity index (χ3n) is 2.15. The van der Waals surface area contributed by atoms with E-state index < -0.39 is 23.6 Å².